The van der Waals surface area contributed by atoms with Gasteiger partial charge in [0.15, 0.2) is 0 Å². The number of halogens is 3. The molecular formula is C18H17F3N4O5. The maximum atomic E-state index is 12.1. The number of hydrogen-bond donors (Lipinski definition) is 4. The minimum atomic E-state index is -5.08. The Morgan fingerprint density at radius 3 is 2.57 bits per heavy atom. The zero-order chi connectivity index (χ0) is 22.5. The Bertz CT molecular complexity index is 1090. The molecule has 0 bridgehead atoms. The lowest BCUT2D eigenvalue weighted by Gasteiger charge is -2.12. The first-order chi connectivity index (χ1) is 14.0. The number of aromatic amines is 1. The molecule has 3 rings (SSSR count). The van der Waals surface area contributed by atoms with Gasteiger partial charge in [0.1, 0.15) is 5.58 Å². The van der Waals surface area contributed by atoms with E-state index in [2.05, 4.69) is 15.3 Å². The van der Waals surface area contributed by atoms with Crippen LogP contribution in [0.2, 0.25) is 0 Å². The molecule has 0 spiro atoms. The van der Waals surface area contributed by atoms with Gasteiger partial charge in [0, 0.05) is 41.5 Å². The highest BCUT2D eigenvalue weighted by Crippen LogP contribution is 2.20. The van der Waals surface area contributed by atoms with Crippen molar-refractivity contribution in [3.8, 4) is 0 Å². The lowest BCUT2D eigenvalue weighted by atomic mass is 10.1. The average Bonchev–Trinajstić information content (AvgIpc) is 3.13. The third-order valence-corrected chi connectivity index (χ3v) is 3.79. The zero-order valence-electron chi connectivity index (χ0n) is 15.5. The van der Waals surface area contributed by atoms with Crippen molar-refractivity contribution in [2.45, 2.75) is 25.6 Å². The summed E-state index contributed by atoms with van der Waals surface area (Å²) >= 11 is 0. The number of imidazole rings is 1. The predicted molar refractivity (Wildman–Crippen MR) is 99.8 cm³/mol. The largest absolute Gasteiger partial charge is 0.490 e. The number of carbonyl (C=O) groups is 2. The van der Waals surface area contributed by atoms with Crippen LogP contribution in [0.3, 0.4) is 0 Å². The van der Waals surface area contributed by atoms with Gasteiger partial charge in [-0.15, -0.1) is 0 Å². The Morgan fingerprint density at radius 1 is 1.33 bits per heavy atom. The van der Waals surface area contributed by atoms with E-state index in [0.717, 1.165) is 16.6 Å². The Balaban J connectivity index is 0.000000396. The number of carboxylic acids is 1. The van der Waals surface area contributed by atoms with Gasteiger partial charge in [0.05, 0.1) is 12.4 Å². The molecule has 1 atom stereocenters. The number of nitrogens with zero attached hydrogens (tertiary/aromatic N) is 1. The summed E-state index contributed by atoms with van der Waals surface area (Å²) in [5.74, 6) is -3.08. The summed E-state index contributed by atoms with van der Waals surface area (Å²) in [6.07, 6.45) is -1.57. The Kier molecular flexibility index (Phi) is 6.95. The lowest BCUT2D eigenvalue weighted by molar-refractivity contribution is -0.192. The fourth-order valence-electron chi connectivity index (χ4n) is 2.36. The first kappa shape index (κ1) is 22.6. The van der Waals surface area contributed by atoms with Crippen LogP contribution in [0.25, 0.3) is 11.0 Å². The van der Waals surface area contributed by atoms with Crippen LogP contribution in [0.5, 0.6) is 0 Å². The van der Waals surface area contributed by atoms with Crippen LogP contribution in [0.1, 0.15) is 11.3 Å². The quantitative estimate of drug-likeness (QED) is 0.466. The lowest BCUT2D eigenvalue weighted by Crippen LogP contribution is -2.37. The summed E-state index contributed by atoms with van der Waals surface area (Å²) < 4.78 is 36.9. The van der Waals surface area contributed by atoms with E-state index in [1.54, 1.807) is 24.4 Å². The van der Waals surface area contributed by atoms with Gasteiger partial charge in [-0.3, -0.25) is 4.79 Å². The summed E-state index contributed by atoms with van der Waals surface area (Å²) in [7, 11) is 0. The number of rotatable bonds is 4. The molecule has 12 heteroatoms. The molecule has 0 saturated heterocycles. The fraction of sp³-hybridized carbons (Fsp3) is 0.222. The van der Waals surface area contributed by atoms with Crippen molar-refractivity contribution in [1.82, 2.24) is 9.97 Å². The summed E-state index contributed by atoms with van der Waals surface area (Å²) in [6, 6.07) is 5.88. The molecule has 5 N–H and O–H groups in total. The maximum Gasteiger partial charge on any atom is 0.490 e. The van der Waals surface area contributed by atoms with E-state index < -0.39 is 23.8 Å². The highest BCUT2D eigenvalue weighted by molar-refractivity contribution is 5.96. The number of nitrogens with two attached hydrogens (primary N) is 1. The number of amides is 1. The second-order valence-electron chi connectivity index (χ2n) is 6.14. The number of hydrogen-bond acceptors (Lipinski definition) is 6. The van der Waals surface area contributed by atoms with E-state index in [0.29, 0.717) is 17.7 Å². The molecule has 1 amide bonds. The van der Waals surface area contributed by atoms with Crippen LogP contribution in [-0.4, -0.2) is 39.2 Å². The number of nitrogens with one attached hydrogen (secondary N) is 2. The second-order valence-corrected chi connectivity index (χ2v) is 6.14. The number of aryl methyl sites for hydroxylation is 1. The maximum absolute atomic E-state index is 12.1. The van der Waals surface area contributed by atoms with E-state index in [1.807, 2.05) is 6.92 Å². The Morgan fingerprint density at radius 2 is 2.00 bits per heavy atom. The van der Waals surface area contributed by atoms with Gasteiger partial charge in [-0.1, -0.05) is 0 Å². The number of H-pyrrole nitrogens is 1. The Labute approximate surface area is 166 Å². The number of benzene rings is 1. The van der Waals surface area contributed by atoms with Gasteiger partial charge in [-0.05, 0) is 24.6 Å². The van der Waals surface area contributed by atoms with Gasteiger partial charge in [-0.25, -0.2) is 14.6 Å². The molecule has 2 heterocycles. The standard InChI is InChI=1S/C16H16N4O3.C2HF3O2/c1-9-4-15(21)23-14-6-10(2-3-12(9)14)20-16(22)13(17)5-11-7-18-8-19-11;3-2(4,5)1(6)7/h2-4,6-8,13H,5,17H2,1H3,(H,18,19)(H,20,22);(H,6,7)/t13-;/m0./s1. The number of carboxylic acid groups (broad SMARTS) is 1. The van der Waals surface area contributed by atoms with Gasteiger partial charge in [0.25, 0.3) is 0 Å². The third-order valence-electron chi connectivity index (χ3n) is 3.79. The van der Waals surface area contributed by atoms with Crippen LogP contribution in [0.4, 0.5) is 18.9 Å². The minimum absolute atomic E-state index is 0.325. The van der Waals surface area contributed by atoms with Crippen molar-refractivity contribution in [2.75, 3.05) is 5.32 Å². The van der Waals surface area contributed by atoms with Crippen molar-refractivity contribution < 1.29 is 32.3 Å². The smallest absolute Gasteiger partial charge is 0.475 e. The number of carbonyl (C=O) groups excluding carboxylic acids is 1. The van der Waals surface area contributed by atoms with E-state index in [4.69, 9.17) is 20.1 Å². The number of fused-ring (bicyclic) bond motifs is 1. The molecule has 0 fully saturated rings. The van der Waals surface area contributed by atoms with Gasteiger partial charge in [0.2, 0.25) is 5.91 Å². The van der Waals surface area contributed by atoms with Crippen LogP contribution >= 0.6 is 0 Å². The fourth-order valence-corrected chi connectivity index (χ4v) is 2.36. The van der Waals surface area contributed by atoms with Gasteiger partial charge >= 0.3 is 17.8 Å². The summed E-state index contributed by atoms with van der Waals surface area (Å²) in [5.41, 5.74) is 8.02. The number of anilines is 1. The average molecular weight is 426 g/mol. The van der Waals surface area contributed by atoms with E-state index in [-0.39, 0.29) is 5.91 Å². The highest BCUT2D eigenvalue weighted by Gasteiger charge is 2.38. The van der Waals surface area contributed by atoms with Gasteiger partial charge in [-0.2, -0.15) is 13.2 Å². The molecule has 2 aromatic heterocycles. The molecular weight excluding hydrogens is 409 g/mol. The number of alkyl halides is 3. The molecule has 0 saturated carbocycles. The van der Waals surface area contributed by atoms with Gasteiger partial charge < -0.3 is 25.6 Å². The predicted octanol–water partition coefficient (Wildman–Crippen LogP) is 1.97. The van der Waals surface area contributed by atoms with Crippen LogP contribution in [0.15, 0.2) is 46.0 Å². The molecule has 0 aliphatic carbocycles. The van der Waals surface area contributed by atoms with Crippen LogP contribution < -0.4 is 16.7 Å². The molecule has 0 aliphatic heterocycles. The molecule has 3 aromatic rings. The SMILES string of the molecule is Cc1cc(=O)oc2cc(NC(=O)[C@@H](N)Cc3cnc[nH]3)ccc12.O=C(O)C(F)(F)F. The van der Waals surface area contributed by atoms with Crippen molar-refractivity contribution in [1.29, 1.82) is 0 Å². The molecule has 0 aliphatic rings. The van der Waals surface area contributed by atoms with Crippen molar-refractivity contribution in [3.05, 3.63) is 58.5 Å². The van der Waals surface area contributed by atoms with Crippen molar-refractivity contribution >= 4 is 28.5 Å². The van der Waals surface area contributed by atoms with Crippen molar-refractivity contribution in [2.24, 2.45) is 5.73 Å². The zero-order valence-corrected chi connectivity index (χ0v) is 15.5. The van der Waals surface area contributed by atoms with Crippen LogP contribution in [0, 0.1) is 6.92 Å². The molecule has 0 radical (unpaired) electrons. The van der Waals surface area contributed by atoms with E-state index in [1.165, 1.54) is 12.4 Å². The first-order valence-corrected chi connectivity index (χ1v) is 8.35. The molecule has 160 valence electrons. The normalized spacial score (nSPS) is 12.0. The summed E-state index contributed by atoms with van der Waals surface area (Å²) in [6.45, 7) is 1.83. The summed E-state index contributed by atoms with van der Waals surface area (Å²) in [5, 5.41) is 10.7. The van der Waals surface area contributed by atoms with E-state index in [9.17, 15) is 22.8 Å². The third kappa shape index (κ3) is 6.17. The monoisotopic (exact) mass is 426 g/mol. The minimum Gasteiger partial charge on any atom is -0.475 e. The molecule has 0 unspecified atom stereocenters. The summed E-state index contributed by atoms with van der Waals surface area (Å²) in [4.78, 5) is 39.3. The molecule has 9 nitrogen and oxygen atoms in total. The Hall–Kier alpha value is -3.67. The first-order valence-electron chi connectivity index (χ1n) is 8.35. The van der Waals surface area contributed by atoms with Crippen molar-refractivity contribution in [3.63, 3.8) is 0 Å². The van der Waals surface area contributed by atoms with E-state index >= 15 is 0 Å². The number of aliphatic carboxylic acids is 1. The highest BCUT2D eigenvalue weighted by atomic mass is 19.4. The molecule has 1 aromatic carbocycles. The topological polar surface area (TPSA) is 151 Å². The second kappa shape index (κ2) is 9.22. The number of aromatic nitrogens is 2. The molecule has 30 heavy (non-hydrogen) atoms. The van der Waals surface area contributed by atoms with Crippen LogP contribution in [-0.2, 0) is 16.0 Å².